The number of fused-ring (bicyclic) bond motifs is 1. The first kappa shape index (κ1) is 17.7. The van der Waals surface area contributed by atoms with Gasteiger partial charge in [-0.25, -0.2) is 0 Å². The van der Waals surface area contributed by atoms with Crippen molar-refractivity contribution < 1.29 is 23.9 Å². The molecule has 2 heterocycles. The standard InChI is InChI=1S/C20H17N3O5/c1-28-12-7-5-11(6-8-12)21-14-4-2-3-13-17(14)20(27)23(19(13)26)15-9-10-16(24)22-18(15)25/h2-8,15,21H,9-10H2,1H3,(H,22,24,25). The van der Waals surface area contributed by atoms with Gasteiger partial charge in [0.15, 0.2) is 0 Å². The quantitative estimate of drug-likeness (QED) is 0.786. The SMILES string of the molecule is COc1ccc(Nc2cccc3c2C(=O)N(C2CCC(=O)NC2=O)C3=O)cc1. The lowest BCUT2D eigenvalue weighted by Gasteiger charge is -2.27. The lowest BCUT2D eigenvalue weighted by atomic mass is 10.0. The van der Waals surface area contributed by atoms with E-state index in [1.54, 1.807) is 49.6 Å². The van der Waals surface area contributed by atoms with Crippen LogP contribution in [0.3, 0.4) is 0 Å². The molecule has 0 aromatic heterocycles. The van der Waals surface area contributed by atoms with Crippen LogP contribution in [0, 0.1) is 0 Å². The number of carbonyl (C=O) groups is 4. The number of nitrogens with one attached hydrogen (secondary N) is 2. The number of hydrogen-bond donors (Lipinski definition) is 2. The molecule has 0 aliphatic carbocycles. The molecule has 2 N–H and O–H groups in total. The number of amides is 4. The van der Waals surface area contributed by atoms with E-state index >= 15 is 0 Å². The highest BCUT2D eigenvalue weighted by Crippen LogP contribution is 2.34. The number of benzene rings is 2. The molecule has 1 fully saturated rings. The summed E-state index contributed by atoms with van der Waals surface area (Å²) in [6, 6.07) is 11.1. The summed E-state index contributed by atoms with van der Waals surface area (Å²) in [7, 11) is 1.57. The third kappa shape index (κ3) is 2.88. The number of imide groups is 2. The molecule has 0 radical (unpaired) electrons. The zero-order valence-corrected chi connectivity index (χ0v) is 15.0. The van der Waals surface area contributed by atoms with Gasteiger partial charge in [-0.15, -0.1) is 0 Å². The summed E-state index contributed by atoms with van der Waals surface area (Å²) in [5.41, 5.74) is 1.63. The fourth-order valence-electron chi connectivity index (χ4n) is 3.45. The van der Waals surface area contributed by atoms with E-state index in [9.17, 15) is 19.2 Å². The van der Waals surface area contributed by atoms with Crippen LogP contribution in [0.25, 0.3) is 0 Å². The fraction of sp³-hybridized carbons (Fsp3) is 0.200. The maximum Gasteiger partial charge on any atom is 0.264 e. The van der Waals surface area contributed by atoms with Crippen LogP contribution in [0.4, 0.5) is 11.4 Å². The van der Waals surface area contributed by atoms with Gasteiger partial charge in [-0.2, -0.15) is 0 Å². The summed E-state index contributed by atoms with van der Waals surface area (Å²) in [5.74, 6) is -1.42. The van der Waals surface area contributed by atoms with E-state index in [0.29, 0.717) is 17.1 Å². The number of piperidine rings is 1. The molecule has 0 saturated carbocycles. The Bertz CT molecular complexity index is 999. The topological polar surface area (TPSA) is 105 Å². The summed E-state index contributed by atoms with van der Waals surface area (Å²) < 4.78 is 5.13. The van der Waals surface area contributed by atoms with Crippen LogP contribution < -0.4 is 15.4 Å². The second kappa shape index (κ2) is 6.80. The lowest BCUT2D eigenvalue weighted by Crippen LogP contribution is -2.54. The molecular formula is C20H17N3O5. The summed E-state index contributed by atoms with van der Waals surface area (Å²) >= 11 is 0. The number of carbonyl (C=O) groups excluding carboxylic acids is 4. The van der Waals surface area contributed by atoms with Gasteiger partial charge < -0.3 is 10.1 Å². The average Bonchev–Trinajstić information content (AvgIpc) is 2.94. The van der Waals surface area contributed by atoms with Crippen molar-refractivity contribution in [1.29, 1.82) is 0 Å². The Kier molecular flexibility index (Phi) is 4.31. The van der Waals surface area contributed by atoms with Crippen molar-refractivity contribution in [3.8, 4) is 5.75 Å². The van der Waals surface area contributed by atoms with E-state index in [1.807, 2.05) is 0 Å². The molecule has 0 spiro atoms. The largest absolute Gasteiger partial charge is 0.497 e. The molecule has 2 aromatic carbocycles. The average molecular weight is 379 g/mol. The normalized spacial score (nSPS) is 18.8. The first-order valence-electron chi connectivity index (χ1n) is 8.75. The van der Waals surface area contributed by atoms with Crippen molar-refractivity contribution in [2.45, 2.75) is 18.9 Å². The highest BCUT2D eigenvalue weighted by molar-refractivity contribution is 6.25. The Morgan fingerprint density at radius 3 is 2.46 bits per heavy atom. The maximum atomic E-state index is 13.0. The minimum atomic E-state index is -0.987. The Morgan fingerprint density at radius 1 is 1.04 bits per heavy atom. The van der Waals surface area contributed by atoms with Gasteiger partial charge in [-0.3, -0.25) is 29.4 Å². The molecule has 2 aliphatic rings. The van der Waals surface area contributed by atoms with Crippen LogP contribution in [0.1, 0.15) is 33.6 Å². The Hall–Kier alpha value is -3.68. The first-order chi connectivity index (χ1) is 13.5. The highest BCUT2D eigenvalue weighted by atomic mass is 16.5. The lowest BCUT2D eigenvalue weighted by molar-refractivity contribution is -0.136. The molecule has 8 heteroatoms. The van der Waals surface area contributed by atoms with E-state index in [2.05, 4.69) is 10.6 Å². The molecule has 1 atom stereocenters. The molecule has 142 valence electrons. The summed E-state index contributed by atoms with van der Waals surface area (Å²) in [5, 5.41) is 5.33. The molecule has 4 rings (SSSR count). The zero-order valence-electron chi connectivity index (χ0n) is 15.0. The fourth-order valence-corrected chi connectivity index (χ4v) is 3.45. The van der Waals surface area contributed by atoms with Gasteiger partial charge in [0.05, 0.1) is 23.9 Å². The number of hydrogen-bond acceptors (Lipinski definition) is 6. The molecule has 28 heavy (non-hydrogen) atoms. The summed E-state index contributed by atoms with van der Waals surface area (Å²) in [6.45, 7) is 0. The Balaban J connectivity index is 1.65. The molecule has 8 nitrogen and oxygen atoms in total. The molecule has 0 bridgehead atoms. The minimum Gasteiger partial charge on any atom is -0.497 e. The van der Waals surface area contributed by atoms with Crippen molar-refractivity contribution >= 4 is 35.0 Å². The van der Waals surface area contributed by atoms with Crippen molar-refractivity contribution in [3.63, 3.8) is 0 Å². The monoisotopic (exact) mass is 379 g/mol. The number of anilines is 2. The van der Waals surface area contributed by atoms with Crippen LogP contribution in [0.5, 0.6) is 5.75 Å². The van der Waals surface area contributed by atoms with Gasteiger partial charge in [0.25, 0.3) is 11.8 Å². The summed E-state index contributed by atoms with van der Waals surface area (Å²) in [6.07, 6.45) is 0.206. The minimum absolute atomic E-state index is 0.0841. The molecule has 4 amide bonds. The number of ether oxygens (including phenoxy) is 1. The third-order valence-electron chi connectivity index (χ3n) is 4.84. The van der Waals surface area contributed by atoms with Crippen LogP contribution in [-0.4, -0.2) is 41.7 Å². The second-order valence-electron chi connectivity index (χ2n) is 6.53. The summed E-state index contributed by atoms with van der Waals surface area (Å²) in [4.78, 5) is 50.3. The van der Waals surface area contributed by atoms with E-state index in [1.165, 1.54) is 0 Å². The number of nitrogens with zero attached hydrogens (tertiary/aromatic N) is 1. The maximum absolute atomic E-state index is 13.0. The van der Waals surface area contributed by atoms with Crippen molar-refractivity contribution in [3.05, 3.63) is 53.6 Å². The van der Waals surface area contributed by atoms with Crippen LogP contribution in [0.2, 0.25) is 0 Å². The number of rotatable bonds is 4. The van der Waals surface area contributed by atoms with Gasteiger partial charge in [-0.1, -0.05) is 6.07 Å². The molecular weight excluding hydrogens is 362 g/mol. The van der Waals surface area contributed by atoms with Gasteiger partial charge >= 0.3 is 0 Å². The van der Waals surface area contributed by atoms with E-state index < -0.39 is 29.7 Å². The van der Waals surface area contributed by atoms with E-state index in [-0.39, 0.29) is 24.0 Å². The molecule has 2 aromatic rings. The van der Waals surface area contributed by atoms with Crippen LogP contribution >= 0.6 is 0 Å². The van der Waals surface area contributed by atoms with Gasteiger partial charge in [-0.05, 0) is 42.8 Å². The predicted octanol–water partition coefficient (Wildman–Crippen LogP) is 1.84. The van der Waals surface area contributed by atoms with E-state index in [0.717, 1.165) is 4.90 Å². The highest BCUT2D eigenvalue weighted by Gasteiger charge is 2.45. The van der Waals surface area contributed by atoms with Crippen LogP contribution in [0.15, 0.2) is 42.5 Å². The molecule has 1 saturated heterocycles. The van der Waals surface area contributed by atoms with Gasteiger partial charge in [0, 0.05) is 12.1 Å². The number of methoxy groups -OCH3 is 1. The first-order valence-corrected chi connectivity index (χ1v) is 8.75. The van der Waals surface area contributed by atoms with Crippen molar-refractivity contribution in [2.24, 2.45) is 0 Å². The zero-order chi connectivity index (χ0) is 19.8. The van der Waals surface area contributed by atoms with Gasteiger partial charge in [0.1, 0.15) is 11.8 Å². The Labute approximate surface area is 160 Å². The van der Waals surface area contributed by atoms with Crippen molar-refractivity contribution in [2.75, 3.05) is 12.4 Å². The van der Waals surface area contributed by atoms with Gasteiger partial charge in [0.2, 0.25) is 11.8 Å². The predicted molar refractivity (Wildman–Crippen MR) is 99.4 cm³/mol. The molecule has 1 unspecified atom stereocenters. The van der Waals surface area contributed by atoms with Crippen molar-refractivity contribution in [1.82, 2.24) is 10.2 Å². The third-order valence-corrected chi connectivity index (χ3v) is 4.84. The van der Waals surface area contributed by atoms with Crippen LogP contribution in [-0.2, 0) is 9.59 Å². The van der Waals surface area contributed by atoms with E-state index in [4.69, 9.17) is 4.74 Å². The smallest absolute Gasteiger partial charge is 0.264 e. The molecule has 2 aliphatic heterocycles. The Morgan fingerprint density at radius 2 is 1.79 bits per heavy atom. The second-order valence-corrected chi connectivity index (χ2v) is 6.53.